The van der Waals surface area contributed by atoms with Crippen LogP contribution in [0.1, 0.15) is 28.8 Å². The normalized spacial score (nSPS) is 19.2. The van der Waals surface area contributed by atoms with Gasteiger partial charge in [0.1, 0.15) is 0 Å². The van der Waals surface area contributed by atoms with Crippen LogP contribution in [-0.4, -0.2) is 31.3 Å². The summed E-state index contributed by atoms with van der Waals surface area (Å²) < 4.78 is 0. The van der Waals surface area contributed by atoms with Crippen LogP contribution in [0.25, 0.3) is 0 Å². The zero-order valence-corrected chi connectivity index (χ0v) is 10.1. The molecule has 0 heterocycles. The Kier molecular flexibility index (Phi) is 3.39. The van der Waals surface area contributed by atoms with E-state index >= 15 is 0 Å². The molecular weight excluding hydrogens is 198 g/mol. The Bertz CT molecular complexity index is 384. The standard InChI is InChI=1S/C14H19NO/c1-15(2)9-5-7-12-10-11-6-3-4-8-13(11)14(12)16/h3-4,6,8,12H,5,7,9-10H2,1-2H3. The minimum Gasteiger partial charge on any atom is -0.309 e. The van der Waals surface area contributed by atoms with Crippen molar-refractivity contribution < 1.29 is 4.79 Å². The van der Waals surface area contributed by atoms with E-state index in [9.17, 15) is 4.79 Å². The predicted octanol–water partition coefficient (Wildman–Crippen LogP) is 2.38. The van der Waals surface area contributed by atoms with Gasteiger partial charge in [-0.1, -0.05) is 24.3 Å². The fourth-order valence-corrected chi connectivity index (χ4v) is 2.40. The average molecular weight is 217 g/mol. The molecule has 1 atom stereocenters. The Hall–Kier alpha value is -1.15. The van der Waals surface area contributed by atoms with Gasteiger partial charge in [-0.3, -0.25) is 4.79 Å². The van der Waals surface area contributed by atoms with E-state index < -0.39 is 0 Å². The zero-order chi connectivity index (χ0) is 11.5. The lowest BCUT2D eigenvalue weighted by Crippen LogP contribution is -2.16. The summed E-state index contributed by atoms with van der Waals surface area (Å²) in [5.41, 5.74) is 2.19. The van der Waals surface area contributed by atoms with E-state index in [1.54, 1.807) is 0 Å². The van der Waals surface area contributed by atoms with Gasteiger partial charge >= 0.3 is 0 Å². The Morgan fingerprint density at radius 2 is 2.06 bits per heavy atom. The van der Waals surface area contributed by atoms with E-state index in [0.29, 0.717) is 5.78 Å². The highest BCUT2D eigenvalue weighted by Crippen LogP contribution is 2.29. The number of ketones is 1. The molecule has 1 aliphatic rings. The highest BCUT2D eigenvalue weighted by Gasteiger charge is 2.29. The number of carbonyl (C=O) groups excluding carboxylic acids is 1. The van der Waals surface area contributed by atoms with Gasteiger partial charge in [0.2, 0.25) is 0 Å². The van der Waals surface area contributed by atoms with Gasteiger partial charge < -0.3 is 4.90 Å². The van der Waals surface area contributed by atoms with E-state index in [0.717, 1.165) is 31.4 Å². The minimum atomic E-state index is 0.234. The maximum absolute atomic E-state index is 12.1. The SMILES string of the molecule is CN(C)CCCC1Cc2ccccc2C1=O. The van der Waals surface area contributed by atoms with E-state index in [1.165, 1.54) is 5.56 Å². The molecule has 16 heavy (non-hydrogen) atoms. The molecule has 86 valence electrons. The zero-order valence-electron chi connectivity index (χ0n) is 10.1. The maximum Gasteiger partial charge on any atom is 0.166 e. The molecule has 0 fully saturated rings. The van der Waals surface area contributed by atoms with Crippen molar-refractivity contribution in [1.82, 2.24) is 4.90 Å². The van der Waals surface area contributed by atoms with E-state index in [-0.39, 0.29) is 5.92 Å². The second kappa shape index (κ2) is 4.79. The minimum absolute atomic E-state index is 0.234. The quantitative estimate of drug-likeness (QED) is 0.771. The van der Waals surface area contributed by atoms with Gasteiger partial charge in [0.05, 0.1) is 0 Å². The fourth-order valence-electron chi connectivity index (χ4n) is 2.40. The molecule has 2 heteroatoms. The highest BCUT2D eigenvalue weighted by molar-refractivity contribution is 6.02. The molecule has 1 aliphatic carbocycles. The number of carbonyl (C=O) groups is 1. The Morgan fingerprint density at radius 3 is 2.75 bits per heavy atom. The van der Waals surface area contributed by atoms with Crippen molar-refractivity contribution in [2.75, 3.05) is 20.6 Å². The van der Waals surface area contributed by atoms with Crippen LogP contribution in [0.4, 0.5) is 0 Å². The Balaban J connectivity index is 1.94. The van der Waals surface area contributed by atoms with E-state index in [4.69, 9.17) is 0 Å². The summed E-state index contributed by atoms with van der Waals surface area (Å²) in [4.78, 5) is 14.2. The molecule has 1 unspecified atom stereocenters. The third-order valence-corrected chi connectivity index (χ3v) is 3.28. The number of benzene rings is 1. The predicted molar refractivity (Wildman–Crippen MR) is 65.8 cm³/mol. The lowest BCUT2D eigenvalue weighted by Gasteiger charge is -2.11. The number of Topliss-reactive ketones (excluding diaryl/α,β-unsaturated/α-hetero) is 1. The molecule has 1 aromatic rings. The third kappa shape index (κ3) is 2.33. The molecule has 0 N–H and O–H groups in total. The van der Waals surface area contributed by atoms with Crippen LogP contribution in [0.5, 0.6) is 0 Å². The topological polar surface area (TPSA) is 20.3 Å². The van der Waals surface area contributed by atoms with Crippen molar-refractivity contribution in [2.45, 2.75) is 19.3 Å². The van der Waals surface area contributed by atoms with Gasteiger partial charge in [-0.05, 0) is 45.5 Å². The van der Waals surface area contributed by atoms with Crippen LogP contribution in [0, 0.1) is 5.92 Å². The molecule has 0 bridgehead atoms. The highest BCUT2D eigenvalue weighted by atomic mass is 16.1. The van der Waals surface area contributed by atoms with Crippen molar-refractivity contribution in [3.8, 4) is 0 Å². The first-order chi connectivity index (χ1) is 7.68. The molecule has 0 aromatic heterocycles. The van der Waals surface area contributed by atoms with Crippen LogP contribution in [0.2, 0.25) is 0 Å². The maximum atomic E-state index is 12.1. The van der Waals surface area contributed by atoms with Crippen molar-refractivity contribution in [1.29, 1.82) is 0 Å². The fraction of sp³-hybridized carbons (Fsp3) is 0.500. The molecule has 0 radical (unpaired) electrons. The summed E-state index contributed by atoms with van der Waals surface area (Å²) in [7, 11) is 4.15. The first-order valence-corrected chi connectivity index (χ1v) is 5.95. The van der Waals surface area contributed by atoms with E-state index in [1.807, 2.05) is 18.2 Å². The molecule has 0 aliphatic heterocycles. The van der Waals surface area contributed by atoms with Crippen LogP contribution in [0.15, 0.2) is 24.3 Å². The van der Waals surface area contributed by atoms with Gasteiger partial charge in [0.15, 0.2) is 5.78 Å². The third-order valence-electron chi connectivity index (χ3n) is 3.28. The summed E-state index contributed by atoms with van der Waals surface area (Å²) in [5, 5.41) is 0. The molecular formula is C14H19NO. The first-order valence-electron chi connectivity index (χ1n) is 5.95. The van der Waals surface area contributed by atoms with E-state index in [2.05, 4.69) is 25.1 Å². The van der Waals surface area contributed by atoms with Crippen LogP contribution in [-0.2, 0) is 6.42 Å². The molecule has 1 aromatic carbocycles. The summed E-state index contributed by atoms with van der Waals surface area (Å²) in [6, 6.07) is 8.02. The first kappa shape index (κ1) is 11.3. The molecule has 0 saturated carbocycles. The number of hydrogen-bond donors (Lipinski definition) is 0. The van der Waals surface area contributed by atoms with Gasteiger partial charge in [-0.15, -0.1) is 0 Å². The monoisotopic (exact) mass is 217 g/mol. The molecule has 0 spiro atoms. The largest absolute Gasteiger partial charge is 0.309 e. The number of nitrogens with zero attached hydrogens (tertiary/aromatic N) is 1. The second-order valence-electron chi connectivity index (χ2n) is 4.87. The van der Waals surface area contributed by atoms with Gasteiger partial charge in [0.25, 0.3) is 0 Å². The molecule has 0 amide bonds. The van der Waals surface area contributed by atoms with Crippen molar-refractivity contribution >= 4 is 5.78 Å². The molecule has 2 nitrogen and oxygen atoms in total. The van der Waals surface area contributed by atoms with Crippen molar-refractivity contribution in [2.24, 2.45) is 5.92 Å². The van der Waals surface area contributed by atoms with Gasteiger partial charge in [-0.25, -0.2) is 0 Å². The number of fused-ring (bicyclic) bond motifs is 1. The summed E-state index contributed by atoms with van der Waals surface area (Å²) >= 11 is 0. The van der Waals surface area contributed by atoms with Crippen LogP contribution in [0.3, 0.4) is 0 Å². The van der Waals surface area contributed by atoms with Crippen molar-refractivity contribution in [3.05, 3.63) is 35.4 Å². The number of rotatable bonds is 4. The smallest absolute Gasteiger partial charge is 0.166 e. The van der Waals surface area contributed by atoms with Gasteiger partial charge in [-0.2, -0.15) is 0 Å². The molecule has 0 saturated heterocycles. The van der Waals surface area contributed by atoms with Gasteiger partial charge in [0, 0.05) is 11.5 Å². The average Bonchev–Trinajstić information content (AvgIpc) is 2.56. The lowest BCUT2D eigenvalue weighted by molar-refractivity contribution is 0.0928. The summed E-state index contributed by atoms with van der Waals surface area (Å²) in [5.74, 6) is 0.590. The molecule has 2 rings (SSSR count). The van der Waals surface area contributed by atoms with Crippen LogP contribution >= 0.6 is 0 Å². The Morgan fingerprint density at radius 1 is 1.31 bits per heavy atom. The summed E-state index contributed by atoms with van der Waals surface area (Å²) in [6.07, 6.45) is 3.07. The van der Waals surface area contributed by atoms with Crippen molar-refractivity contribution in [3.63, 3.8) is 0 Å². The number of hydrogen-bond acceptors (Lipinski definition) is 2. The Labute approximate surface area is 97.3 Å². The van der Waals surface area contributed by atoms with Crippen LogP contribution < -0.4 is 0 Å². The lowest BCUT2D eigenvalue weighted by atomic mass is 9.99. The second-order valence-corrected chi connectivity index (χ2v) is 4.87. The summed E-state index contributed by atoms with van der Waals surface area (Å²) in [6.45, 7) is 1.07.